The average Bonchev–Trinajstić information content (AvgIpc) is 3.24. The molecule has 0 unspecified atom stereocenters. The minimum atomic E-state index is -1.28. The van der Waals surface area contributed by atoms with Crippen molar-refractivity contribution in [3.05, 3.63) is 74.7 Å². The number of halogens is 2. The Morgan fingerprint density at radius 1 is 1.17 bits per heavy atom. The predicted octanol–water partition coefficient (Wildman–Crippen LogP) is 6.66. The molecule has 1 amide bonds. The molecular formula is C27H26F2N2O3S. The van der Waals surface area contributed by atoms with E-state index < -0.39 is 29.1 Å². The van der Waals surface area contributed by atoms with Crippen LogP contribution in [0.25, 0.3) is 17.3 Å². The molecule has 3 aromatic rings. The number of benzene rings is 2. The lowest BCUT2D eigenvalue weighted by Gasteiger charge is -2.18. The van der Waals surface area contributed by atoms with E-state index in [0.29, 0.717) is 5.13 Å². The van der Waals surface area contributed by atoms with Crippen molar-refractivity contribution >= 4 is 34.4 Å². The van der Waals surface area contributed by atoms with Gasteiger partial charge in [-0.25, -0.2) is 18.6 Å². The van der Waals surface area contributed by atoms with Gasteiger partial charge >= 0.3 is 5.97 Å². The monoisotopic (exact) mass is 496 g/mol. The molecule has 5 nitrogen and oxygen atoms in total. The Bertz CT molecular complexity index is 1310. The molecule has 182 valence electrons. The van der Waals surface area contributed by atoms with Gasteiger partial charge in [-0.1, -0.05) is 38.0 Å². The van der Waals surface area contributed by atoms with E-state index in [9.17, 15) is 18.4 Å². The van der Waals surface area contributed by atoms with Crippen LogP contribution in [-0.4, -0.2) is 22.0 Å². The summed E-state index contributed by atoms with van der Waals surface area (Å²) in [6.45, 7) is 3.42. The van der Waals surface area contributed by atoms with Crippen molar-refractivity contribution in [2.75, 3.05) is 5.32 Å². The maximum Gasteiger partial charge on any atom is 0.331 e. The number of amides is 1. The first-order valence-corrected chi connectivity index (χ1v) is 12.4. The third-order valence-electron chi connectivity index (χ3n) is 6.14. The van der Waals surface area contributed by atoms with Crippen molar-refractivity contribution in [2.45, 2.75) is 52.4 Å². The van der Waals surface area contributed by atoms with E-state index in [4.69, 9.17) is 5.11 Å². The molecule has 1 heterocycles. The van der Waals surface area contributed by atoms with Gasteiger partial charge in [0.1, 0.15) is 11.6 Å². The van der Waals surface area contributed by atoms with Crippen molar-refractivity contribution in [2.24, 2.45) is 0 Å². The van der Waals surface area contributed by atoms with Gasteiger partial charge in [-0.15, -0.1) is 11.3 Å². The summed E-state index contributed by atoms with van der Waals surface area (Å²) in [6.07, 6.45) is 7.19. The van der Waals surface area contributed by atoms with Gasteiger partial charge in [-0.05, 0) is 61.9 Å². The molecule has 1 aliphatic rings. The minimum absolute atomic E-state index is 0.211. The fraction of sp³-hybridized carbons (Fsp3) is 0.296. The third-order valence-corrected chi connectivity index (χ3v) is 7.17. The van der Waals surface area contributed by atoms with Crippen molar-refractivity contribution in [1.82, 2.24) is 4.98 Å². The van der Waals surface area contributed by atoms with Crippen LogP contribution < -0.4 is 5.32 Å². The summed E-state index contributed by atoms with van der Waals surface area (Å²) in [6, 6.07) is 8.06. The summed E-state index contributed by atoms with van der Waals surface area (Å²) in [5, 5.41) is 12.0. The quantitative estimate of drug-likeness (QED) is 0.270. The highest BCUT2D eigenvalue weighted by Gasteiger charge is 2.24. The number of rotatable bonds is 8. The molecule has 0 radical (unpaired) electrons. The number of carboxylic acids is 1. The highest BCUT2D eigenvalue weighted by atomic mass is 32.1. The van der Waals surface area contributed by atoms with Crippen LogP contribution in [-0.2, 0) is 24.1 Å². The number of anilines is 1. The molecule has 0 saturated heterocycles. The number of carboxylic acid groups (broad SMARTS) is 1. The van der Waals surface area contributed by atoms with E-state index in [1.54, 1.807) is 0 Å². The van der Waals surface area contributed by atoms with Gasteiger partial charge < -0.3 is 5.11 Å². The molecule has 4 rings (SSSR count). The molecule has 1 aromatic heterocycles. The van der Waals surface area contributed by atoms with Crippen LogP contribution in [0.1, 0.15) is 65.0 Å². The largest absolute Gasteiger partial charge is 0.478 e. The number of unbranched alkanes of at least 4 members (excludes halogenated alkanes) is 2. The van der Waals surface area contributed by atoms with Crippen LogP contribution in [0.15, 0.2) is 35.9 Å². The van der Waals surface area contributed by atoms with E-state index in [1.165, 1.54) is 42.2 Å². The Morgan fingerprint density at radius 3 is 2.60 bits per heavy atom. The molecule has 35 heavy (non-hydrogen) atoms. The average molecular weight is 497 g/mol. The lowest BCUT2D eigenvalue weighted by atomic mass is 9.88. The first-order chi connectivity index (χ1) is 16.8. The van der Waals surface area contributed by atoms with Crippen LogP contribution in [0.2, 0.25) is 0 Å². The second-order valence-electron chi connectivity index (χ2n) is 8.63. The van der Waals surface area contributed by atoms with Crippen LogP contribution >= 0.6 is 11.3 Å². The Balaban J connectivity index is 1.56. The highest BCUT2D eigenvalue weighted by molar-refractivity contribution is 7.16. The summed E-state index contributed by atoms with van der Waals surface area (Å²) in [4.78, 5) is 29.4. The number of nitrogens with one attached hydrogen (secondary N) is 1. The molecule has 0 atom stereocenters. The summed E-state index contributed by atoms with van der Waals surface area (Å²) < 4.78 is 28.9. The lowest BCUT2D eigenvalue weighted by molar-refractivity contribution is -0.132. The van der Waals surface area contributed by atoms with E-state index in [-0.39, 0.29) is 11.1 Å². The van der Waals surface area contributed by atoms with Crippen LogP contribution in [0.5, 0.6) is 0 Å². The van der Waals surface area contributed by atoms with Crippen molar-refractivity contribution in [3.63, 3.8) is 0 Å². The Morgan fingerprint density at radius 2 is 1.91 bits per heavy atom. The highest BCUT2D eigenvalue weighted by Crippen LogP contribution is 2.39. The third kappa shape index (κ3) is 5.32. The Hall–Kier alpha value is -3.39. The molecule has 0 saturated carbocycles. The van der Waals surface area contributed by atoms with Gasteiger partial charge in [0, 0.05) is 27.1 Å². The number of aryl methyl sites for hydroxylation is 2. The zero-order valence-electron chi connectivity index (χ0n) is 19.6. The fourth-order valence-corrected chi connectivity index (χ4v) is 5.25. The van der Waals surface area contributed by atoms with Gasteiger partial charge in [0.25, 0.3) is 5.91 Å². The van der Waals surface area contributed by atoms with Crippen molar-refractivity contribution in [1.29, 1.82) is 0 Å². The second kappa shape index (κ2) is 10.5. The first-order valence-electron chi connectivity index (χ1n) is 11.6. The van der Waals surface area contributed by atoms with E-state index in [2.05, 4.69) is 29.4 Å². The molecule has 8 heteroatoms. The summed E-state index contributed by atoms with van der Waals surface area (Å²) in [7, 11) is 0. The van der Waals surface area contributed by atoms with Crippen LogP contribution in [0.3, 0.4) is 0 Å². The van der Waals surface area contributed by atoms with Gasteiger partial charge in [-0.2, -0.15) is 0 Å². The number of hydrogen-bond donors (Lipinski definition) is 2. The van der Waals surface area contributed by atoms with Gasteiger partial charge in [0.2, 0.25) is 0 Å². The number of carbonyl (C=O) groups excluding carboxylic acids is 1. The van der Waals surface area contributed by atoms with Crippen molar-refractivity contribution < 1.29 is 23.5 Å². The number of thiazole rings is 1. The normalized spacial score (nSPS) is 12.7. The predicted molar refractivity (Wildman–Crippen MR) is 134 cm³/mol. The number of carbonyl (C=O) groups is 2. The topological polar surface area (TPSA) is 79.3 Å². The maximum absolute atomic E-state index is 14.5. The summed E-state index contributed by atoms with van der Waals surface area (Å²) >= 11 is 1.37. The smallest absolute Gasteiger partial charge is 0.331 e. The molecule has 0 bridgehead atoms. The zero-order chi connectivity index (χ0) is 25.1. The van der Waals surface area contributed by atoms with Gasteiger partial charge in [-0.3, -0.25) is 10.1 Å². The number of hydrogen-bond acceptors (Lipinski definition) is 4. The summed E-state index contributed by atoms with van der Waals surface area (Å²) in [5.41, 5.74) is 3.66. The van der Waals surface area contributed by atoms with E-state index in [1.807, 2.05) is 6.07 Å². The van der Waals surface area contributed by atoms with Crippen molar-refractivity contribution in [3.8, 4) is 11.3 Å². The van der Waals surface area contributed by atoms with Gasteiger partial charge in [0.05, 0.1) is 5.69 Å². The minimum Gasteiger partial charge on any atom is -0.478 e. The molecule has 0 spiro atoms. The number of fused-ring (bicyclic) bond motifs is 3. The molecule has 0 aliphatic heterocycles. The molecule has 2 N–H and O–H groups in total. The lowest BCUT2D eigenvalue weighted by Crippen LogP contribution is -2.13. The van der Waals surface area contributed by atoms with Crippen LogP contribution in [0, 0.1) is 11.6 Å². The standard InChI is InChI=1S/C27H26F2N2O3S/c1-3-4-5-7-16-8-6-9-19-18(16)10-11-23-24(19)30-27(35-23)31-25(32)17-13-21(28)20(22(29)14-17)12-15(2)26(33)34/h6,8-9,12-14H,3-5,7,10-11H2,1-2H3,(H,33,34)(H,30,31,32). The van der Waals surface area contributed by atoms with Gasteiger partial charge in [0.15, 0.2) is 5.13 Å². The summed E-state index contributed by atoms with van der Waals surface area (Å²) in [5.74, 6) is -4.00. The van der Waals surface area contributed by atoms with Crippen LogP contribution in [0.4, 0.5) is 13.9 Å². The maximum atomic E-state index is 14.5. The fourth-order valence-electron chi connectivity index (χ4n) is 4.28. The SMILES string of the molecule is CCCCCc1cccc2c1CCc1sc(NC(=O)c3cc(F)c(C=C(C)C(=O)O)c(F)c3)nc1-2. The Labute approximate surface area is 206 Å². The molecule has 1 aliphatic carbocycles. The number of aromatic nitrogens is 1. The molecular weight excluding hydrogens is 470 g/mol. The first kappa shape index (κ1) is 24.7. The Kier molecular flexibility index (Phi) is 7.40. The molecule has 2 aromatic carbocycles. The molecule has 0 fully saturated rings. The van der Waals surface area contributed by atoms with E-state index in [0.717, 1.165) is 60.0 Å². The van der Waals surface area contributed by atoms with E-state index >= 15 is 0 Å². The number of nitrogens with zero attached hydrogens (tertiary/aromatic N) is 1. The number of aliphatic carboxylic acids is 1. The second-order valence-corrected chi connectivity index (χ2v) is 9.71. The zero-order valence-corrected chi connectivity index (χ0v) is 20.4.